The molecule has 0 saturated carbocycles. The molecule has 3 heteroatoms. The zero-order valence-corrected chi connectivity index (χ0v) is 9.82. The van der Waals surface area contributed by atoms with Crippen LogP contribution in [-0.2, 0) is 9.53 Å². The minimum absolute atomic E-state index is 0.0298. The molecule has 0 N–H and O–H groups in total. The van der Waals surface area contributed by atoms with Gasteiger partial charge in [0.25, 0.3) is 0 Å². The third-order valence-corrected chi connectivity index (χ3v) is 3.07. The van der Waals surface area contributed by atoms with E-state index in [2.05, 4.69) is 18.6 Å². The van der Waals surface area contributed by atoms with Gasteiger partial charge in [0.05, 0.1) is 13.0 Å². The first kappa shape index (κ1) is 12.8. The summed E-state index contributed by atoms with van der Waals surface area (Å²) in [7, 11) is 1.44. The largest absolute Gasteiger partial charge is 0.469 e. The number of carbonyl (C=O) groups is 1. The summed E-state index contributed by atoms with van der Waals surface area (Å²) >= 11 is 1.83. The zero-order valence-electron chi connectivity index (χ0n) is 9.00. The number of hydrogen-bond donors (Lipinski definition) is 0. The van der Waals surface area contributed by atoms with E-state index in [4.69, 9.17) is 0 Å². The van der Waals surface area contributed by atoms with Crippen molar-refractivity contribution in [1.82, 2.24) is 0 Å². The highest BCUT2D eigenvalue weighted by Gasteiger charge is 2.12. The minimum atomic E-state index is -0.1000. The smallest absolute Gasteiger partial charge is 0.309 e. The van der Waals surface area contributed by atoms with Gasteiger partial charge in [0.2, 0.25) is 0 Å². The van der Waals surface area contributed by atoms with Crippen molar-refractivity contribution in [3.05, 3.63) is 0 Å². The van der Waals surface area contributed by atoms with E-state index in [0.29, 0.717) is 0 Å². The first-order valence-electron chi connectivity index (χ1n) is 4.73. The Balaban J connectivity index is 3.37. The van der Waals surface area contributed by atoms with E-state index in [1.54, 1.807) is 0 Å². The molecule has 1 unspecified atom stereocenters. The van der Waals surface area contributed by atoms with Gasteiger partial charge in [0, 0.05) is 5.75 Å². The Labute approximate surface area is 85.4 Å². The summed E-state index contributed by atoms with van der Waals surface area (Å²) in [5.41, 5.74) is 0. The molecule has 0 aromatic carbocycles. The van der Waals surface area contributed by atoms with Crippen LogP contribution in [0.15, 0.2) is 0 Å². The highest BCUT2D eigenvalue weighted by Crippen LogP contribution is 2.13. The van der Waals surface area contributed by atoms with E-state index in [-0.39, 0.29) is 11.9 Å². The van der Waals surface area contributed by atoms with Crippen molar-refractivity contribution >= 4 is 17.7 Å². The fourth-order valence-electron chi connectivity index (χ4n) is 0.848. The Bertz CT molecular complexity index is 146. The van der Waals surface area contributed by atoms with Gasteiger partial charge in [0.15, 0.2) is 0 Å². The molecule has 0 radical (unpaired) electrons. The minimum Gasteiger partial charge on any atom is -0.469 e. The lowest BCUT2D eigenvalue weighted by Gasteiger charge is -2.09. The Morgan fingerprint density at radius 3 is 2.46 bits per heavy atom. The average Bonchev–Trinajstić information content (AvgIpc) is 2.10. The van der Waals surface area contributed by atoms with Crippen LogP contribution in [0, 0.1) is 11.8 Å². The fourth-order valence-corrected chi connectivity index (χ4v) is 2.14. The number of carbonyl (C=O) groups excluding carboxylic acids is 1. The molecule has 13 heavy (non-hydrogen) atoms. The fraction of sp³-hybridized carbons (Fsp3) is 0.900. The Morgan fingerprint density at radius 2 is 2.00 bits per heavy atom. The first-order valence-corrected chi connectivity index (χ1v) is 5.89. The third kappa shape index (κ3) is 6.94. The van der Waals surface area contributed by atoms with E-state index in [1.165, 1.54) is 13.5 Å². The average molecular weight is 204 g/mol. The second-order valence-corrected chi connectivity index (χ2v) is 4.83. The number of methoxy groups -OCH3 is 1. The van der Waals surface area contributed by atoms with Crippen LogP contribution in [0.3, 0.4) is 0 Å². The van der Waals surface area contributed by atoms with Crippen LogP contribution in [0.1, 0.15) is 27.2 Å². The lowest BCUT2D eigenvalue weighted by atomic mass is 10.2. The van der Waals surface area contributed by atoms with Gasteiger partial charge in [-0.2, -0.15) is 11.8 Å². The SMILES string of the molecule is COC(=O)C(C)CSCCC(C)C. The van der Waals surface area contributed by atoms with Crippen LogP contribution in [0.25, 0.3) is 0 Å². The van der Waals surface area contributed by atoms with E-state index in [9.17, 15) is 4.79 Å². The standard InChI is InChI=1S/C10H20O2S/c1-8(2)5-6-13-7-9(3)10(11)12-4/h8-9H,5-7H2,1-4H3. The van der Waals surface area contributed by atoms with Crippen molar-refractivity contribution in [2.24, 2.45) is 11.8 Å². The van der Waals surface area contributed by atoms with Crippen LogP contribution in [0.5, 0.6) is 0 Å². The van der Waals surface area contributed by atoms with Crippen molar-refractivity contribution in [3.8, 4) is 0 Å². The second kappa shape index (κ2) is 7.25. The summed E-state index contributed by atoms with van der Waals surface area (Å²) in [4.78, 5) is 11.0. The van der Waals surface area contributed by atoms with Crippen LogP contribution < -0.4 is 0 Å². The third-order valence-electron chi connectivity index (χ3n) is 1.81. The molecular weight excluding hydrogens is 184 g/mol. The van der Waals surface area contributed by atoms with Crippen LogP contribution in [-0.4, -0.2) is 24.6 Å². The van der Waals surface area contributed by atoms with E-state index in [1.807, 2.05) is 18.7 Å². The monoisotopic (exact) mass is 204 g/mol. The molecule has 1 atom stereocenters. The Kier molecular flexibility index (Phi) is 7.14. The normalized spacial score (nSPS) is 13.0. The number of thioether (sulfide) groups is 1. The molecule has 0 bridgehead atoms. The summed E-state index contributed by atoms with van der Waals surface area (Å²) in [5.74, 6) is 2.69. The number of esters is 1. The van der Waals surface area contributed by atoms with Crippen molar-refractivity contribution in [2.75, 3.05) is 18.6 Å². The molecule has 0 aliphatic heterocycles. The molecular formula is C10H20O2S. The maximum absolute atomic E-state index is 11.0. The number of hydrogen-bond acceptors (Lipinski definition) is 3. The molecule has 0 aliphatic rings. The van der Waals surface area contributed by atoms with Crippen LogP contribution >= 0.6 is 11.8 Å². The zero-order chi connectivity index (χ0) is 10.3. The van der Waals surface area contributed by atoms with E-state index in [0.717, 1.165) is 17.4 Å². The predicted molar refractivity (Wildman–Crippen MR) is 58.0 cm³/mol. The molecule has 0 aromatic rings. The van der Waals surface area contributed by atoms with Gasteiger partial charge in [-0.1, -0.05) is 20.8 Å². The molecule has 78 valence electrons. The quantitative estimate of drug-likeness (QED) is 0.491. The van der Waals surface area contributed by atoms with Crippen molar-refractivity contribution in [2.45, 2.75) is 27.2 Å². The van der Waals surface area contributed by atoms with Crippen molar-refractivity contribution in [1.29, 1.82) is 0 Å². The highest BCUT2D eigenvalue weighted by atomic mass is 32.2. The molecule has 0 saturated heterocycles. The maximum Gasteiger partial charge on any atom is 0.309 e. The van der Waals surface area contributed by atoms with E-state index >= 15 is 0 Å². The molecule has 0 rings (SSSR count). The molecule has 0 aliphatic carbocycles. The molecule has 0 heterocycles. The van der Waals surface area contributed by atoms with Crippen LogP contribution in [0.2, 0.25) is 0 Å². The van der Waals surface area contributed by atoms with Gasteiger partial charge in [-0.25, -0.2) is 0 Å². The number of ether oxygens (including phenoxy) is 1. The highest BCUT2D eigenvalue weighted by molar-refractivity contribution is 7.99. The van der Waals surface area contributed by atoms with Gasteiger partial charge in [-0.15, -0.1) is 0 Å². The molecule has 0 spiro atoms. The maximum atomic E-state index is 11.0. The topological polar surface area (TPSA) is 26.3 Å². The Morgan fingerprint density at radius 1 is 1.38 bits per heavy atom. The lowest BCUT2D eigenvalue weighted by molar-refractivity contribution is -0.143. The molecule has 0 aromatic heterocycles. The van der Waals surface area contributed by atoms with Gasteiger partial charge in [0.1, 0.15) is 0 Å². The first-order chi connectivity index (χ1) is 6.07. The summed E-state index contributed by atoms with van der Waals surface area (Å²) in [5, 5.41) is 0. The summed E-state index contributed by atoms with van der Waals surface area (Å²) in [6.45, 7) is 6.34. The van der Waals surface area contributed by atoms with Gasteiger partial charge in [-0.05, 0) is 18.1 Å². The van der Waals surface area contributed by atoms with Gasteiger partial charge in [-0.3, -0.25) is 4.79 Å². The van der Waals surface area contributed by atoms with Gasteiger partial charge >= 0.3 is 5.97 Å². The molecule has 0 fully saturated rings. The summed E-state index contributed by atoms with van der Waals surface area (Å²) in [6.07, 6.45) is 1.22. The van der Waals surface area contributed by atoms with Gasteiger partial charge < -0.3 is 4.74 Å². The van der Waals surface area contributed by atoms with E-state index < -0.39 is 0 Å². The summed E-state index contributed by atoms with van der Waals surface area (Å²) < 4.78 is 4.64. The van der Waals surface area contributed by atoms with Crippen molar-refractivity contribution < 1.29 is 9.53 Å². The number of rotatable bonds is 6. The molecule has 0 amide bonds. The predicted octanol–water partition coefficient (Wildman–Crippen LogP) is 2.57. The van der Waals surface area contributed by atoms with Crippen LogP contribution in [0.4, 0.5) is 0 Å². The summed E-state index contributed by atoms with van der Waals surface area (Å²) in [6, 6.07) is 0. The lowest BCUT2D eigenvalue weighted by Crippen LogP contribution is -2.15. The Hall–Kier alpha value is -0.180. The second-order valence-electron chi connectivity index (χ2n) is 3.68. The van der Waals surface area contributed by atoms with Crippen molar-refractivity contribution in [3.63, 3.8) is 0 Å². The molecule has 2 nitrogen and oxygen atoms in total.